The molecule has 0 spiro atoms. The number of likely N-dealkylation sites (tertiary alicyclic amines) is 3. The van der Waals surface area contributed by atoms with E-state index in [2.05, 4.69) is 34.8 Å². The van der Waals surface area contributed by atoms with E-state index in [9.17, 15) is 18.8 Å². The largest absolute Gasteiger partial charge is 0.436 e. The van der Waals surface area contributed by atoms with Gasteiger partial charge in [0.2, 0.25) is 5.78 Å². The minimum atomic E-state index is -1.21. The number of piperidine rings is 3. The van der Waals surface area contributed by atoms with Gasteiger partial charge < -0.3 is 29.5 Å². The normalized spacial score (nSPS) is 20.1. The monoisotopic (exact) mass is 775 g/mol. The predicted octanol–water partition coefficient (Wildman–Crippen LogP) is 6.95. The number of nitrogens with zero attached hydrogens (tertiary/aromatic N) is 6. The molecule has 3 amide bonds. The maximum atomic E-state index is 14.4. The van der Waals surface area contributed by atoms with Crippen LogP contribution in [0.1, 0.15) is 66.4 Å². The van der Waals surface area contributed by atoms with Gasteiger partial charge in [-0.15, -0.1) is 0 Å². The maximum Gasteiger partial charge on any atom is 0.410 e. The number of rotatable bonds is 12. The van der Waals surface area contributed by atoms with Gasteiger partial charge in [-0.25, -0.2) is 18.7 Å². The molecule has 3 saturated heterocycles. The van der Waals surface area contributed by atoms with Crippen molar-refractivity contribution in [1.29, 1.82) is 0 Å². The molecule has 1 aromatic heterocycles. The van der Waals surface area contributed by atoms with E-state index in [0.29, 0.717) is 69.7 Å². The van der Waals surface area contributed by atoms with Gasteiger partial charge in [0.25, 0.3) is 0 Å². The molecule has 2 aromatic carbocycles. The molecule has 0 unspecified atom stereocenters. The molecule has 4 aliphatic heterocycles. The van der Waals surface area contributed by atoms with Crippen molar-refractivity contribution in [2.45, 2.75) is 109 Å². The van der Waals surface area contributed by atoms with Crippen LogP contribution in [0, 0.1) is 12.7 Å². The lowest BCUT2D eigenvalue weighted by Crippen LogP contribution is -2.52. The Kier molecular flexibility index (Phi) is 12.2. The number of ketones is 1. The van der Waals surface area contributed by atoms with Gasteiger partial charge in [-0.2, -0.15) is 5.10 Å². The Bertz CT molecular complexity index is 1840. The minimum Gasteiger partial charge on any atom is -0.436 e. The number of halogens is 1. The molecule has 55 heavy (non-hydrogen) atoms. The second-order valence-electron chi connectivity index (χ2n) is 17.2. The van der Waals surface area contributed by atoms with E-state index in [1.165, 1.54) is 44.5 Å². The van der Waals surface area contributed by atoms with Crippen molar-refractivity contribution in [3.63, 3.8) is 0 Å². The Labute approximate surface area is 325 Å². The highest BCUT2D eigenvalue weighted by atomic mass is 28.3. The molecule has 298 valence electrons. The molecule has 4 aliphatic rings. The number of fused-ring (bicyclic) bond motifs is 2. The molecule has 0 bridgehead atoms. The summed E-state index contributed by atoms with van der Waals surface area (Å²) in [6, 6.07) is 9.47. The fraction of sp³-hybridized carbons (Fsp3) is 0.610. The first-order valence-corrected chi connectivity index (χ1v) is 24.0. The zero-order valence-electron chi connectivity index (χ0n) is 33.0. The number of ether oxygens (including phenoxy) is 2. The summed E-state index contributed by atoms with van der Waals surface area (Å²) in [7, 11) is -1.21. The van der Waals surface area contributed by atoms with Gasteiger partial charge in [-0.1, -0.05) is 32.1 Å². The summed E-state index contributed by atoms with van der Waals surface area (Å²) >= 11 is 0. The Morgan fingerprint density at radius 2 is 1.69 bits per heavy atom. The van der Waals surface area contributed by atoms with Crippen LogP contribution in [0.2, 0.25) is 25.7 Å². The van der Waals surface area contributed by atoms with Gasteiger partial charge in [0.1, 0.15) is 12.5 Å². The summed E-state index contributed by atoms with van der Waals surface area (Å²) in [5.41, 5.74) is 3.56. The quantitative estimate of drug-likeness (QED) is 0.120. The molecule has 0 aliphatic carbocycles. The topological polar surface area (TPSA) is 112 Å². The molecular weight excluding hydrogens is 718 g/mol. The van der Waals surface area contributed by atoms with E-state index < -0.39 is 26.1 Å². The standard InChI is InChI=1S/C41H58FN7O5Si/c1-29-22-31(23-32-25-48(44-38(29)32)28-53-20-21-55(2,3)4)39(50)37(27-45-16-10-34(11-17-45)46-14-6-5-7-15-46)54-41(52)47-18-12-35(13-19-47)49-26-30-8-9-33(42)24-36(30)43-40(49)51/h8-9,22-25,34-35,37H,5-7,10-21,26-28H2,1-4H3,(H,43,51)/t37-/m1/s1. The number of Topliss-reactive ketones (excluding diaryl/α,β-unsaturated/α-hetero) is 1. The van der Waals surface area contributed by atoms with Crippen molar-refractivity contribution in [2.24, 2.45) is 0 Å². The first kappa shape index (κ1) is 39.4. The van der Waals surface area contributed by atoms with E-state index in [4.69, 9.17) is 14.6 Å². The van der Waals surface area contributed by atoms with E-state index in [1.807, 2.05) is 25.3 Å². The van der Waals surface area contributed by atoms with E-state index in [1.54, 1.807) is 20.5 Å². The summed E-state index contributed by atoms with van der Waals surface area (Å²) in [5, 5.41) is 8.41. The van der Waals surface area contributed by atoms with Crippen LogP contribution in [0.3, 0.4) is 0 Å². The molecule has 12 nitrogen and oxygen atoms in total. The molecule has 1 atom stereocenters. The van der Waals surface area contributed by atoms with Crippen LogP contribution in [-0.4, -0.2) is 126 Å². The first-order valence-electron chi connectivity index (χ1n) is 20.3. The van der Waals surface area contributed by atoms with Gasteiger partial charge in [-0.3, -0.25) is 9.69 Å². The predicted molar refractivity (Wildman–Crippen MR) is 214 cm³/mol. The van der Waals surface area contributed by atoms with Crippen LogP contribution >= 0.6 is 0 Å². The SMILES string of the molecule is Cc1cc(C(=O)[C@@H](CN2CCC(N3CCCCC3)CC2)OC(=O)N2CCC(N3Cc4ccc(F)cc4NC3=O)CC2)cc2cn(COCC[Si](C)(C)C)nc12. The third-order valence-electron chi connectivity index (χ3n) is 11.9. The molecule has 3 fully saturated rings. The lowest BCUT2D eigenvalue weighted by atomic mass is 9.98. The molecule has 5 heterocycles. The molecular formula is C41H58FN7O5Si. The minimum absolute atomic E-state index is 0.0813. The number of nitrogens with one attached hydrogen (secondary N) is 1. The maximum absolute atomic E-state index is 14.4. The van der Waals surface area contributed by atoms with Gasteiger partial charge in [-0.05, 0) is 113 Å². The fourth-order valence-electron chi connectivity index (χ4n) is 8.55. The third kappa shape index (κ3) is 9.76. The Morgan fingerprint density at radius 3 is 2.42 bits per heavy atom. The fourth-order valence-corrected chi connectivity index (χ4v) is 9.30. The van der Waals surface area contributed by atoms with E-state index >= 15 is 0 Å². The van der Waals surface area contributed by atoms with Gasteiger partial charge in [0, 0.05) is 70.1 Å². The number of aryl methyl sites for hydroxylation is 1. The Morgan fingerprint density at radius 1 is 0.964 bits per heavy atom. The van der Waals surface area contributed by atoms with Crippen molar-refractivity contribution in [3.05, 3.63) is 59.0 Å². The second-order valence-corrected chi connectivity index (χ2v) is 22.8. The summed E-state index contributed by atoms with van der Waals surface area (Å²) in [4.78, 5) is 49.6. The lowest BCUT2D eigenvalue weighted by Gasteiger charge is -2.41. The zero-order valence-corrected chi connectivity index (χ0v) is 34.0. The molecule has 14 heteroatoms. The van der Waals surface area contributed by atoms with Gasteiger partial charge in [0.15, 0.2) is 6.10 Å². The number of benzene rings is 2. The van der Waals surface area contributed by atoms with Gasteiger partial charge in [0.05, 0.1) is 11.2 Å². The number of carbonyl (C=O) groups is 3. The first-order chi connectivity index (χ1) is 26.4. The highest BCUT2D eigenvalue weighted by Gasteiger charge is 2.36. The number of hydrogen-bond acceptors (Lipinski definition) is 8. The van der Waals surface area contributed by atoms with Crippen molar-refractivity contribution < 1.29 is 28.2 Å². The van der Waals surface area contributed by atoms with Crippen molar-refractivity contribution in [2.75, 3.05) is 57.7 Å². The van der Waals surface area contributed by atoms with Crippen LogP contribution in [0.4, 0.5) is 19.7 Å². The molecule has 0 saturated carbocycles. The van der Waals surface area contributed by atoms with Crippen LogP contribution in [0.25, 0.3) is 10.9 Å². The number of urea groups is 1. The molecule has 7 rings (SSSR count). The molecule has 3 aromatic rings. The van der Waals surface area contributed by atoms with Crippen molar-refractivity contribution in [1.82, 2.24) is 29.4 Å². The highest BCUT2D eigenvalue weighted by Crippen LogP contribution is 2.29. The number of hydrogen-bond donors (Lipinski definition) is 1. The average molecular weight is 776 g/mol. The van der Waals surface area contributed by atoms with Crippen molar-refractivity contribution >= 4 is 42.6 Å². The number of anilines is 1. The zero-order chi connectivity index (χ0) is 38.7. The number of amides is 3. The lowest BCUT2D eigenvalue weighted by molar-refractivity contribution is 0.0218. The molecule has 1 N–H and O–H groups in total. The number of aromatic nitrogens is 2. The van der Waals surface area contributed by atoms with Crippen LogP contribution in [-0.2, 0) is 22.7 Å². The van der Waals surface area contributed by atoms with Crippen molar-refractivity contribution in [3.8, 4) is 0 Å². The van der Waals surface area contributed by atoms with Gasteiger partial charge >= 0.3 is 12.1 Å². The summed E-state index contributed by atoms with van der Waals surface area (Å²) in [6.07, 6.45) is 7.49. The summed E-state index contributed by atoms with van der Waals surface area (Å²) < 4.78 is 27.7. The van der Waals surface area contributed by atoms with E-state index in [-0.39, 0.29) is 17.9 Å². The molecule has 0 radical (unpaired) electrons. The summed E-state index contributed by atoms with van der Waals surface area (Å²) in [6.45, 7) is 15.5. The van der Waals surface area contributed by atoms with Crippen LogP contribution < -0.4 is 5.32 Å². The smallest absolute Gasteiger partial charge is 0.410 e. The second kappa shape index (κ2) is 17.1. The highest BCUT2D eigenvalue weighted by molar-refractivity contribution is 6.76. The number of carbonyl (C=O) groups excluding carboxylic acids is 3. The van der Waals surface area contributed by atoms with Crippen LogP contribution in [0.15, 0.2) is 36.5 Å². The Balaban J connectivity index is 1.02. The Hall–Kier alpha value is -3.85. The van der Waals surface area contributed by atoms with Crippen LogP contribution in [0.5, 0.6) is 0 Å². The summed E-state index contributed by atoms with van der Waals surface area (Å²) in [5.74, 6) is -0.607. The third-order valence-corrected chi connectivity index (χ3v) is 13.6. The van der Waals surface area contributed by atoms with E-state index in [0.717, 1.165) is 54.0 Å². The average Bonchev–Trinajstić information content (AvgIpc) is 3.60.